The number of nitrogens with zero attached hydrogens (tertiary/aromatic N) is 2. The number of amides is 1. The molecule has 1 atom stereocenters. The third kappa shape index (κ3) is 2.72. The van der Waals surface area contributed by atoms with Crippen LogP contribution in [-0.4, -0.2) is 33.9 Å². The lowest BCUT2D eigenvalue weighted by Crippen LogP contribution is -2.29. The highest BCUT2D eigenvalue weighted by atomic mass is 16.2. The number of aromatic amines is 1. The molecular formula is C19H19N3O. The predicted molar refractivity (Wildman–Crippen MR) is 90.3 cm³/mol. The summed E-state index contributed by atoms with van der Waals surface area (Å²) in [5.74, 6) is 0.651. The molecule has 0 saturated carbocycles. The molecule has 1 saturated heterocycles. The van der Waals surface area contributed by atoms with Crippen LogP contribution in [0.2, 0.25) is 0 Å². The van der Waals surface area contributed by atoms with E-state index in [-0.39, 0.29) is 5.91 Å². The van der Waals surface area contributed by atoms with Crippen LogP contribution in [0.3, 0.4) is 0 Å². The maximum atomic E-state index is 12.9. The maximum absolute atomic E-state index is 12.9. The molecule has 3 aromatic rings. The van der Waals surface area contributed by atoms with Crippen molar-refractivity contribution in [1.29, 1.82) is 0 Å². The van der Waals surface area contributed by atoms with E-state index in [1.54, 1.807) is 6.20 Å². The first-order chi connectivity index (χ1) is 11.3. The molecule has 4 rings (SSSR count). The van der Waals surface area contributed by atoms with Crippen molar-refractivity contribution < 1.29 is 4.79 Å². The molecule has 0 aliphatic carbocycles. The molecule has 1 aromatic carbocycles. The summed E-state index contributed by atoms with van der Waals surface area (Å²) in [6.45, 7) is 1.66. The van der Waals surface area contributed by atoms with E-state index in [0.717, 1.165) is 42.4 Å². The molecule has 23 heavy (non-hydrogen) atoms. The van der Waals surface area contributed by atoms with Gasteiger partial charge >= 0.3 is 0 Å². The number of nitrogens with one attached hydrogen (secondary N) is 1. The second kappa shape index (κ2) is 5.88. The topological polar surface area (TPSA) is 49.0 Å². The van der Waals surface area contributed by atoms with Crippen molar-refractivity contribution in [3.63, 3.8) is 0 Å². The van der Waals surface area contributed by atoms with E-state index >= 15 is 0 Å². The maximum Gasteiger partial charge on any atom is 0.255 e. The molecule has 0 radical (unpaired) electrons. The molecule has 0 bridgehead atoms. The first kappa shape index (κ1) is 14.0. The molecule has 116 valence electrons. The summed E-state index contributed by atoms with van der Waals surface area (Å²) in [4.78, 5) is 22.2. The highest BCUT2D eigenvalue weighted by molar-refractivity contribution is 6.05. The SMILES string of the molecule is O=C(c1cccc2cc[nH]c12)N1CCC(Cc2cccnc2)C1. The van der Waals surface area contributed by atoms with Crippen molar-refractivity contribution in [2.75, 3.05) is 13.1 Å². The van der Waals surface area contributed by atoms with Crippen molar-refractivity contribution >= 4 is 16.8 Å². The van der Waals surface area contributed by atoms with E-state index in [1.807, 2.05) is 47.6 Å². The summed E-state index contributed by atoms with van der Waals surface area (Å²) in [7, 11) is 0. The van der Waals surface area contributed by atoms with Gasteiger partial charge in [0.05, 0.1) is 11.1 Å². The van der Waals surface area contributed by atoms with Gasteiger partial charge in [-0.15, -0.1) is 0 Å². The second-order valence-corrected chi connectivity index (χ2v) is 6.22. The lowest BCUT2D eigenvalue weighted by Gasteiger charge is -2.17. The van der Waals surface area contributed by atoms with E-state index < -0.39 is 0 Å². The minimum Gasteiger partial charge on any atom is -0.361 e. The Morgan fingerprint density at radius 3 is 3.09 bits per heavy atom. The summed E-state index contributed by atoms with van der Waals surface area (Å²) in [6.07, 6.45) is 7.65. The van der Waals surface area contributed by atoms with Crippen LogP contribution in [0.4, 0.5) is 0 Å². The third-order valence-corrected chi connectivity index (χ3v) is 4.64. The van der Waals surface area contributed by atoms with Gasteiger partial charge in [-0.3, -0.25) is 9.78 Å². The average Bonchev–Trinajstić information content (AvgIpc) is 3.24. The standard InChI is InChI=1S/C19H19N3O/c23-19(17-5-1-4-16-6-9-21-18(16)17)22-10-7-15(13-22)11-14-3-2-8-20-12-14/h1-6,8-9,12,15,21H,7,10-11,13H2. The normalized spacial score (nSPS) is 17.7. The Morgan fingerprint density at radius 2 is 2.22 bits per heavy atom. The minimum absolute atomic E-state index is 0.131. The van der Waals surface area contributed by atoms with Crippen LogP contribution < -0.4 is 0 Å². The van der Waals surface area contributed by atoms with Crippen LogP contribution in [-0.2, 0) is 6.42 Å². The molecule has 1 fully saturated rings. The first-order valence-electron chi connectivity index (χ1n) is 8.05. The Bertz CT molecular complexity index is 825. The Hall–Kier alpha value is -2.62. The fraction of sp³-hybridized carbons (Fsp3) is 0.263. The van der Waals surface area contributed by atoms with Crippen molar-refractivity contribution in [2.45, 2.75) is 12.8 Å². The van der Waals surface area contributed by atoms with Gasteiger partial charge in [0.25, 0.3) is 5.91 Å². The first-order valence-corrected chi connectivity index (χ1v) is 8.05. The number of para-hydroxylation sites is 1. The molecule has 4 nitrogen and oxygen atoms in total. The van der Waals surface area contributed by atoms with Crippen LogP contribution in [0.25, 0.3) is 10.9 Å². The zero-order valence-electron chi connectivity index (χ0n) is 12.9. The van der Waals surface area contributed by atoms with Crippen molar-refractivity contribution in [3.05, 3.63) is 66.1 Å². The molecule has 1 unspecified atom stereocenters. The number of H-pyrrole nitrogens is 1. The Labute approximate surface area is 135 Å². The van der Waals surface area contributed by atoms with Crippen molar-refractivity contribution in [1.82, 2.24) is 14.9 Å². The van der Waals surface area contributed by atoms with Gasteiger partial charge in [-0.1, -0.05) is 18.2 Å². The number of aromatic nitrogens is 2. The number of carbonyl (C=O) groups excluding carboxylic acids is 1. The molecule has 0 spiro atoms. The molecule has 1 N–H and O–H groups in total. The van der Waals surface area contributed by atoms with Crippen LogP contribution in [0.1, 0.15) is 22.3 Å². The van der Waals surface area contributed by atoms with Crippen molar-refractivity contribution in [3.8, 4) is 0 Å². The Balaban J connectivity index is 1.49. The lowest BCUT2D eigenvalue weighted by molar-refractivity contribution is 0.0789. The Kier molecular flexibility index (Phi) is 3.58. The van der Waals surface area contributed by atoms with E-state index in [4.69, 9.17) is 0 Å². The summed E-state index contributed by atoms with van der Waals surface area (Å²) in [6, 6.07) is 12.0. The smallest absolute Gasteiger partial charge is 0.255 e. The Morgan fingerprint density at radius 1 is 1.26 bits per heavy atom. The van der Waals surface area contributed by atoms with Crippen LogP contribution in [0, 0.1) is 5.92 Å². The van der Waals surface area contributed by atoms with Gasteiger partial charge in [0.1, 0.15) is 0 Å². The third-order valence-electron chi connectivity index (χ3n) is 4.64. The van der Waals surface area contributed by atoms with Crippen LogP contribution in [0.15, 0.2) is 55.0 Å². The largest absolute Gasteiger partial charge is 0.361 e. The van der Waals surface area contributed by atoms with Gasteiger partial charge in [0.2, 0.25) is 0 Å². The molecule has 1 aliphatic rings. The number of hydrogen-bond donors (Lipinski definition) is 1. The number of hydrogen-bond acceptors (Lipinski definition) is 2. The van der Waals surface area contributed by atoms with Gasteiger partial charge in [-0.25, -0.2) is 0 Å². The highest BCUT2D eigenvalue weighted by Crippen LogP contribution is 2.24. The molecule has 3 heterocycles. The lowest BCUT2D eigenvalue weighted by atomic mass is 10.00. The van der Waals surface area contributed by atoms with Gasteiger partial charge in [0.15, 0.2) is 0 Å². The quantitative estimate of drug-likeness (QED) is 0.807. The average molecular weight is 305 g/mol. The van der Waals surface area contributed by atoms with E-state index in [0.29, 0.717) is 5.92 Å². The van der Waals surface area contributed by atoms with Crippen LogP contribution in [0.5, 0.6) is 0 Å². The molecule has 2 aromatic heterocycles. The number of carbonyl (C=O) groups is 1. The summed E-state index contributed by atoms with van der Waals surface area (Å²) in [5.41, 5.74) is 2.96. The zero-order chi connectivity index (χ0) is 15.6. The highest BCUT2D eigenvalue weighted by Gasteiger charge is 2.28. The fourth-order valence-corrected chi connectivity index (χ4v) is 3.47. The molecular weight excluding hydrogens is 286 g/mol. The predicted octanol–water partition coefficient (Wildman–Crippen LogP) is 3.27. The number of fused-ring (bicyclic) bond motifs is 1. The molecule has 1 amide bonds. The second-order valence-electron chi connectivity index (χ2n) is 6.22. The van der Waals surface area contributed by atoms with Gasteiger partial charge in [-0.2, -0.15) is 0 Å². The fourth-order valence-electron chi connectivity index (χ4n) is 3.47. The van der Waals surface area contributed by atoms with Gasteiger partial charge < -0.3 is 9.88 Å². The minimum atomic E-state index is 0.131. The van der Waals surface area contributed by atoms with Crippen LogP contribution >= 0.6 is 0 Å². The van der Waals surface area contributed by atoms with Crippen molar-refractivity contribution in [2.24, 2.45) is 5.92 Å². The van der Waals surface area contributed by atoms with E-state index in [1.165, 1.54) is 5.56 Å². The van der Waals surface area contributed by atoms with Gasteiger partial charge in [0, 0.05) is 37.1 Å². The number of benzene rings is 1. The summed E-state index contributed by atoms with van der Waals surface area (Å²) >= 11 is 0. The summed E-state index contributed by atoms with van der Waals surface area (Å²) in [5, 5.41) is 1.09. The number of pyridine rings is 1. The molecule has 1 aliphatic heterocycles. The van der Waals surface area contributed by atoms with Gasteiger partial charge in [-0.05, 0) is 42.5 Å². The van der Waals surface area contributed by atoms with E-state index in [9.17, 15) is 4.79 Å². The van der Waals surface area contributed by atoms with E-state index in [2.05, 4.69) is 16.0 Å². The molecule has 4 heteroatoms. The summed E-state index contributed by atoms with van der Waals surface area (Å²) < 4.78 is 0. The number of likely N-dealkylation sites (tertiary alicyclic amines) is 1. The number of rotatable bonds is 3. The zero-order valence-corrected chi connectivity index (χ0v) is 12.9. The monoisotopic (exact) mass is 305 g/mol.